The summed E-state index contributed by atoms with van der Waals surface area (Å²) in [6, 6.07) is 0. The third-order valence-corrected chi connectivity index (χ3v) is 2.96. The van der Waals surface area contributed by atoms with Crippen molar-refractivity contribution in [2.24, 2.45) is 7.05 Å². The van der Waals surface area contributed by atoms with E-state index >= 15 is 0 Å². The average molecular weight is 263 g/mol. The molecule has 2 N–H and O–H groups in total. The van der Waals surface area contributed by atoms with E-state index in [4.69, 9.17) is 5.11 Å². The molecule has 0 aromatic carbocycles. The molecule has 1 heterocycles. The van der Waals surface area contributed by atoms with Crippen LogP contribution in [0.3, 0.4) is 0 Å². The van der Waals surface area contributed by atoms with E-state index in [0.717, 1.165) is 0 Å². The first kappa shape index (κ1) is 11.0. The van der Waals surface area contributed by atoms with Crippen LogP contribution in [0.15, 0.2) is 9.40 Å². The fraction of sp³-hybridized carbons (Fsp3) is 0.500. The van der Waals surface area contributed by atoms with Crippen LogP contribution in [0, 0.1) is 0 Å². The summed E-state index contributed by atoms with van der Waals surface area (Å²) in [4.78, 5) is 21.9. The molecule has 0 fully saturated rings. The molecule has 1 unspecified atom stereocenters. The average Bonchev–Trinajstić information content (AvgIpc) is 2.25. The first-order valence-corrected chi connectivity index (χ1v) is 4.89. The molecular formula is C8H11BrN2O3. The van der Waals surface area contributed by atoms with E-state index in [1.807, 2.05) is 0 Å². The molecule has 1 atom stereocenters. The number of carbonyl (C=O) groups is 1. The Hall–Kier alpha value is -1.04. The number of rotatable bonds is 3. The van der Waals surface area contributed by atoms with Crippen molar-refractivity contribution in [2.45, 2.75) is 19.3 Å². The maximum atomic E-state index is 11.4. The number of H-pyrrole nitrogens is 1. The van der Waals surface area contributed by atoms with Gasteiger partial charge >= 0.3 is 5.97 Å². The Bertz CT molecular complexity index is 407. The second-order valence-corrected chi connectivity index (χ2v) is 3.95. The smallest absolute Gasteiger partial charge is 0.303 e. The summed E-state index contributed by atoms with van der Waals surface area (Å²) >= 11 is 3.23. The number of hydrogen-bond acceptors (Lipinski definition) is 2. The lowest BCUT2D eigenvalue weighted by atomic mass is 10.0. The quantitative estimate of drug-likeness (QED) is 0.856. The summed E-state index contributed by atoms with van der Waals surface area (Å²) in [5.74, 6) is -1.21. The predicted molar refractivity (Wildman–Crippen MR) is 54.4 cm³/mol. The lowest BCUT2D eigenvalue weighted by molar-refractivity contribution is -0.137. The van der Waals surface area contributed by atoms with Gasteiger partial charge in [0, 0.05) is 7.05 Å². The molecule has 0 aliphatic heterocycles. The highest BCUT2D eigenvalue weighted by Gasteiger charge is 2.19. The molecule has 14 heavy (non-hydrogen) atoms. The number of nitrogens with one attached hydrogen (secondary N) is 1. The highest BCUT2D eigenvalue weighted by molar-refractivity contribution is 9.10. The third-order valence-electron chi connectivity index (χ3n) is 2.00. The van der Waals surface area contributed by atoms with Crippen molar-refractivity contribution in [2.75, 3.05) is 0 Å². The van der Waals surface area contributed by atoms with Gasteiger partial charge in [-0.05, 0) is 21.8 Å². The van der Waals surface area contributed by atoms with Crippen LogP contribution in [-0.2, 0) is 11.8 Å². The van der Waals surface area contributed by atoms with Gasteiger partial charge in [-0.3, -0.25) is 19.4 Å². The molecule has 0 spiro atoms. The minimum Gasteiger partial charge on any atom is -0.481 e. The Labute approximate surface area is 88.8 Å². The lowest BCUT2D eigenvalue weighted by Crippen LogP contribution is -2.12. The van der Waals surface area contributed by atoms with Crippen molar-refractivity contribution in [3.05, 3.63) is 20.5 Å². The number of nitrogens with zero attached hydrogens (tertiary/aromatic N) is 1. The van der Waals surface area contributed by atoms with Crippen LogP contribution >= 0.6 is 15.9 Å². The maximum Gasteiger partial charge on any atom is 0.303 e. The summed E-state index contributed by atoms with van der Waals surface area (Å²) in [6.45, 7) is 1.71. The van der Waals surface area contributed by atoms with Crippen molar-refractivity contribution < 1.29 is 9.90 Å². The summed E-state index contributed by atoms with van der Waals surface area (Å²) in [6.07, 6.45) is -0.0499. The van der Waals surface area contributed by atoms with Gasteiger partial charge < -0.3 is 5.11 Å². The Morgan fingerprint density at radius 3 is 2.64 bits per heavy atom. The summed E-state index contributed by atoms with van der Waals surface area (Å²) in [5.41, 5.74) is 0.239. The summed E-state index contributed by atoms with van der Waals surface area (Å²) in [7, 11) is 1.68. The summed E-state index contributed by atoms with van der Waals surface area (Å²) < 4.78 is 2.13. The van der Waals surface area contributed by atoms with Crippen molar-refractivity contribution in [1.29, 1.82) is 0 Å². The van der Waals surface area contributed by atoms with Gasteiger partial charge in [-0.25, -0.2) is 0 Å². The van der Waals surface area contributed by atoms with Crippen molar-refractivity contribution in [3.8, 4) is 0 Å². The highest BCUT2D eigenvalue weighted by atomic mass is 79.9. The van der Waals surface area contributed by atoms with Gasteiger partial charge in [0.1, 0.15) is 4.60 Å². The van der Waals surface area contributed by atoms with E-state index in [-0.39, 0.29) is 17.9 Å². The first-order chi connectivity index (χ1) is 6.43. The zero-order valence-corrected chi connectivity index (χ0v) is 9.46. The minimum absolute atomic E-state index is 0.0499. The van der Waals surface area contributed by atoms with Crippen LogP contribution in [0.2, 0.25) is 0 Å². The Balaban J connectivity index is 3.06. The molecular weight excluding hydrogens is 252 g/mol. The van der Waals surface area contributed by atoms with E-state index < -0.39 is 5.97 Å². The zero-order chi connectivity index (χ0) is 10.9. The number of carboxylic acids is 1. The molecule has 0 aliphatic rings. The van der Waals surface area contributed by atoms with Gasteiger partial charge in [-0.15, -0.1) is 0 Å². The Morgan fingerprint density at radius 1 is 1.71 bits per heavy atom. The number of carboxylic acid groups (broad SMARTS) is 1. The van der Waals surface area contributed by atoms with E-state index in [2.05, 4.69) is 21.0 Å². The number of hydrogen-bond donors (Lipinski definition) is 2. The SMILES string of the molecule is CC(CC(=O)O)c1c(Br)n(C)[nH]c1=O. The Morgan fingerprint density at radius 2 is 2.29 bits per heavy atom. The highest BCUT2D eigenvalue weighted by Crippen LogP contribution is 2.23. The molecule has 6 heteroatoms. The molecule has 0 saturated heterocycles. The van der Waals surface area contributed by atoms with E-state index in [1.54, 1.807) is 14.0 Å². The van der Waals surface area contributed by atoms with Crippen LogP contribution in [0.5, 0.6) is 0 Å². The zero-order valence-electron chi connectivity index (χ0n) is 7.87. The van der Waals surface area contributed by atoms with Gasteiger partial charge in [-0.1, -0.05) is 6.92 Å². The molecule has 5 nitrogen and oxygen atoms in total. The molecule has 0 saturated carbocycles. The lowest BCUT2D eigenvalue weighted by Gasteiger charge is -2.05. The fourth-order valence-electron chi connectivity index (χ4n) is 1.33. The van der Waals surface area contributed by atoms with Gasteiger partial charge in [0.25, 0.3) is 5.56 Å². The minimum atomic E-state index is -0.910. The first-order valence-electron chi connectivity index (χ1n) is 4.09. The Kier molecular flexibility index (Phi) is 3.15. The van der Waals surface area contributed by atoms with E-state index in [1.165, 1.54) is 4.68 Å². The van der Waals surface area contributed by atoms with Crippen LogP contribution in [0.25, 0.3) is 0 Å². The van der Waals surface area contributed by atoms with Gasteiger partial charge in [-0.2, -0.15) is 0 Å². The van der Waals surface area contributed by atoms with Crippen molar-refractivity contribution in [3.63, 3.8) is 0 Å². The van der Waals surface area contributed by atoms with Gasteiger partial charge in [0.05, 0.1) is 12.0 Å². The number of aromatic nitrogens is 2. The number of aliphatic carboxylic acids is 1. The van der Waals surface area contributed by atoms with Crippen LogP contribution in [0.1, 0.15) is 24.8 Å². The standard InChI is InChI=1S/C8H11BrN2O3/c1-4(3-5(12)13)6-7(9)11(2)10-8(6)14/h4H,3H2,1-2H3,(H,10,14)(H,12,13). The second-order valence-electron chi connectivity index (χ2n) is 3.20. The topological polar surface area (TPSA) is 75.1 Å². The number of halogens is 1. The molecule has 0 radical (unpaired) electrons. The van der Waals surface area contributed by atoms with Crippen LogP contribution < -0.4 is 5.56 Å². The second kappa shape index (κ2) is 4.00. The molecule has 0 aliphatic carbocycles. The molecule has 1 aromatic heterocycles. The van der Waals surface area contributed by atoms with Crippen LogP contribution in [-0.4, -0.2) is 20.9 Å². The van der Waals surface area contributed by atoms with Gasteiger partial charge in [0.2, 0.25) is 0 Å². The van der Waals surface area contributed by atoms with Gasteiger partial charge in [0.15, 0.2) is 0 Å². The maximum absolute atomic E-state index is 11.4. The molecule has 78 valence electrons. The third kappa shape index (κ3) is 2.06. The molecule has 0 amide bonds. The predicted octanol–water partition coefficient (Wildman–Crippen LogP) is 1.05. The largest absolute Gasteiger partial charge is 0.481 e. The monoisotopic (exact) mass is 262 g/mol. The molecule has 1 aromatic rings. The van der Waals surface area contributed by atoms with E-state index in [0.29, 0.717) is 10.2 Å². The van der Waals surface area contributed by atoms with Crippen molar-refractivity contribution >= 4 is 21.9 Å². The van der Waals surface area contributed by atoms with E-state index in [9.17, 15) is 9.59 Å². The molecule has 0 bridgehead atoms. The van der Waals surface area contributed by atoms with Crippen molar-refractivity contribution in [1.82, 2.24) is 9.78 Å². The fourth-order valence-corrected chi connectivity index (χ4v) is 1.99. The number of aryl methyl sites for hydroxylation is 1. The summed E-state index contributed by atoms with van der Waals surface area (Å²) in [5, 5.41) is 11.2. The van der Waals surface area contributed by atoms with Crippen LogP contribution in [0.4, 0.5) is 0 Å². The normalized spacial score (nSPS) is 12.8. The number of aromatic amines is 1. The molecule has 1 rings (SSSR count).